The zero-order valence-electron chi connectivity index (χ0n) is 20.3. The summed E-state index contributed by atoms with van der Waals surface area (Å²) in [6.07, 6.45) is -2.80. The number of amides is 2. The Morgan fingerprint density at radius 2 is 1.47 bits per heavy atom. The second kappa shape index (κ2) is 16.5. The van der Waals surface area contributed by atoms with Crippen molar-refractivity contribution in [1.82, 2.24) is 10.6 Å². The molecule has 0 heterocycles. The highest BCUT2D eigenvalue weighted by atomic mass is 19.4. The lowest BCUT2D eigenvalue weighted by Crippen LogP contribution is -2.55. The molecule has 8 N–H and O–H groups in total. The average Bonchev–Trinajstić information content (AvgIpc) is 2.77. The quantitative estimate of drug-likeness (QED) is 0.211. The van der Waals surface area contributed by atoms with E-state index in [4.69, 9.17) is 21.4 Å². The van der Waals surface area contributed by atoms with Crippen LogP contribution in [0.1, 0.15) is 45.1 Å². The molecule has 1 aromatic carbocycles. The summed E-state index contributed by atoms with van der Waals surface area (Å²) in [6.45, 7) is 4.31. The van der Waals surface area contributed by atoms with Crippen LogP contribution in [0.4, 0.5) is 13.2 Å². The van der Waals surface area contributed by atoms with Crippen LogP contribution in [0.25, 0.3) is 0 Å². The zero-order chi connectivity index (χ0) is 27.9. The molecule has 10 nitrogen and oxygen atoms in total. The molecule has 3 atom stereocenters. The highest BCUT2D eigenvalue weighted by molar-refractivity contribution is 5.91. The molecule has 13 heteroatoms. The summed E-state index contributed by atoms with van der Waals surface area (Å²) in [5, 5.41) is 21.7. The lowest BCUT2D eigenvalue weighted by molar-refractivity contribution is -0.192. The Bertz CT molecular complexity index is 837. The molecule has 0 saturated carbocycles. The van der Waals surface area contributed by atoms with Crippen LogP contribution in [0.5, 0.6) is 0 Å². The fraction of sp³-hybridized carbons (Fsp3) is 0.565. The molecule has 36 heavy (non-hydrogen) atoms. The minimum absolute atomic E-state index is 0.122. The van der Waals surface area contributed by atoms with Gasteiger partial charge in [-0.1, -0.05) is 44.2 Å². The Morgan fingerprint density at radius 1 is 0.944 bits per heavy atom. The molecule has 0 saturated heterocycles. The number of alkyl halides is 3. The van der Waals surface area contributed by atoms with Gasteiger partial charge < -0.3 is 32.3 Å². The van der Waals surface area contributed by atoms with Gasteiger partial charge in [0.2, 0.25) is 11.8 Å². The van der Waals surface area contributed by atoms with Crippen LogP contribution in [-0.2, 0) is 25.6 Å². The largest absolute Gasteiger partial charge is 0.490 e. The van der Waals surface area contributed by atoms with Gasteiger partial charge in [0, 0.05) is 0 Å². The molecule has 0 aliphatic heterocycles. The van der Waals surface area contributed by atoms with E-state index in [1.807, 2.05) is 44.2 Å². The van der Waals surface area contributed by atoms with Gasteiger partial charge in [-0.2, -0.15) is 13.2 Å². The van der Waals surface area contributed by atoms with E-state index in [-0.39, 0.29) is 12.3 Å². The first-order valence-corrected chi connectivity index (χ1v) is 11.3. The number of hydrogen-bond acceptors (Lipinski definition) is 6. The van der Waals surface area contributed by atoms with Crippen LogP contribution >= 0.6 is 0 Å². The number of benzene rings is 1. The maximum Gasteiger partial charge on any atom is 0.490 e. The summed E-state index contributed by atoms with van der Waals surface area (Å²) in [7, 11) is 0. The van der Waals surface area contributed by atoms with E-state index >= 15 is 0 Å². The standard InChI is InChI=1S/C21H34N4O4.C2HF3O2/c1-14(2)12-18(20(27)24-17(21(28)29)10-6-7-11-22)25-19(26)16(23)13-15-8-4-3-5-9-15;3-2(4,5)1(6)7/h3-5,8-9,14,16-18H,6-7,10-13,22-23H2,1-2H3,(H,24,27)(H,25,26)(H,28,29);(H,6,7)/t16-,17-,18-;/m1./s1. The van der Waals surface area contributed by atoms with E-state index in [0.29, 0.717) is 32.2 Å². The first-order chi connectivity index (χ1) is 16.7. The number of aliphatic carboxylic acids is 2. The highest BCUT2D eigenvalue weighted by Gasteiger charge is 2.38. The smallest absolute Gasteiger partial charge is 0.480 e. The van der Waals surface area contributed by atoms with Crippen molar-refractivity contribution in [3.63, 3.8) is 0 Å². The molecule has 204 valence electrons. The number of carboxylic acids is 2. The molecule has 0 aromatic heterocycles. The molecule has 1 rings (SSSR count). The minimum atomic E-state index is -5.08. The molecule has 0 aliphatic rings. The number of halogens is 3. The van der Waals surface area contributed by atoms with Gasteiger partial charge in [-0.3, -0.25) is 9.59 Å². The number of carbonyl (C=O) groups excluding carboxylic acids is 2. The normalized spacial score (nSPS) is 13.6. The van der Waals surface area contributed by atoms with E-state index in [9.17, 15) is 32.7 Å². The molecule has 1 aromatic rings. The molecule has 0 unspecified atom stereocenters. The molecule has 0 bridgehead atoms. The monoisotopic (exact) mass is 520 g/mol. The third-order valence-electron chi connectivity index (χ3n) is 4.78. The number of carboxylic acid groups (broad SMARTS) is 2. The Morgan fingerprint density at radius 3 is 1.92 bits per heavy atom. The van der Waals surface area contributed by atoms with E-state index in [2.05, 4.69) is 10.6 Å². The van der Waals surface area contributed by atoms with Gasteiger partial charge in [-0.05, 0) is 50.1 Å². The summed E-state index contributed by atoms with van der Waals surface area (Å²) in [6, 6.07) is 6.70. The first-order valence-electron chi connectivity index (χ1n) is 11.3. The summed E-state index contributed by atoms with van der Waals surface area (Å²) in [5.74, 6) is -4.70. The van der Waals surface area contributed by atoms with Gasteiger partial charge in [0.1, 0.15) is 12.1 Å². The number of rotatable bonds is 13. The number of carbonyl (C=O) groups is 4. The van der Waals surface area contributed by atoms with Crippen LogP contribution in [0.15, 0.2) is 30.3 Å². The van der Waals surface area contributed by atoms with E-state index < -0.39 is 48.1 Å². The fourth-order valence-corrected chi connectivity index (χ4v) is 2.96. The average molecular weight is 521 g/mol. The van der Waals surface area contributed by atoms with Gasteiger partial charge in [0.25, 0.3) is 0 Å². The van der Waals surface area contributed by atoms with Crippen molar-refractivity contribution in [3.8, 4) is 0 Å². The van der Waals surface area contributed by atoms with Crippen LogP contribution in [-0.4, -0.2) is 64.8 Å². The van der Waals surface area contributed by atoms with E-state index in [1.54, 1.807) is 0 Å². The van der Waals surface area contributed by atoms with E-state index in [0.717, 1.165) is 5.56 Å². The SMILES string of the molecule is CC(C)C[C@@H](NC(=O)[C@H](N)Cc1ccccc1)C(=O)N[C@H](CCCCN)C(=O)O.O=C(O)C(F)(F)F. The maximum absolute atomic E-state index is 12.7. The predicted octanol–water partition coefficient (Wildman–Crippen LogP) is 1.42. The second-order valence-electron chi connectivity index (χ2n) is 8.47. The second-order valence-corrected chi connectivity index (χ2v) is 8.47. The van der Waals surface area contributed by atoms with Gasteiger partial charge in [0.05, 0.1) is 6.04 Å². The number of hydrogen-bond donors (Lipinski definition) is 6. The van der Waals surface area contributed by atoms with Crippen molar-refractivity contribution >= 4 is 23.8 Å². The van der Waals surface area contributed by atoms with Crippen LogP contribution < -0.4 is 22.1 Å². The van der Waals surface area contributed by atoms with Crippen molar-refractivity contribution < 1.29 is 42.6 Å². The molecular weight excluding hydrogens is 485 g/mol. The Labute approximate surface area is 207 Å². The third-order valence-corrected chi connectivity index (χ3v) is 4.78. The first kappa shape index (κ1) is 32.8. The number of unbranched alkanes of at least 4 members (excludes halogenated alkanes) is 1. The molecular formula is C23H35F3N4O6. The maximum atomic E-state index is 12.7. The van der Waals surface area contributed by atoms with Gasteiger partial charge >= 0.3 is 18.1 Å². The molecule has 0 radical (unpaired) electrons. The van der Waals surface area contributed by atoms with Crippen molar-refractivity contribution in [3.05, 3.63) is 35.9 Å². The minimum Gasteiger partial charge on any atom is -0.480 e. The Balaban J connectivity index is 0.00000152. The molecule has 0 aliphatic carbocycles. The molecule has 0 spiro atoms. The predicted molar refractivity (Wildman–Crippen MR) is 126 cm³/mol. The zero-order valence-corrected chi connectivity index (χ0v) is 20.3. The summed E-state index contributed by atoms with van der Waals surface area (Å²) in [4.78, 5) is 45.6. The highest BCUT2D eigenvalue weighted by Crippen LogP contribution is 2.13. The van der Waals surface area contributed by atoms with Gasteiger partial charge in [-0.25, -0.2) is 9.59 Å². The Kier molecular flexibility index (Phi) is 15.0. The fourth-order valence-electron chi connectivity index (χ4n) is 2.96. The van der Waals surface area contributed by atoms with Crippen LogP contribution in [0.2, 0.25) is 0 Å². The topological polar surface area (TPSA) is 185 Å². The van der Waals surface area contributed by atoms with Crippen molar-refractivity contribution in [2.75, 3.05) is 6.54 Å². The summed E-state index contributed by atoms with van der Waals surface area (Å²) in [5.41, 5.74) is 12.4. The van der Waals surface area contributed by atoms with Crippen molar-refractivity contribution in [1.29, 1.82) is 0 Å². The number of nitrogens with one attached hydrogen (secondary N) is 2. The Hall–Kier alpha value is -3.19. The van der Waals surface area contributed by atoms with Crippen molar-refractivity contribution in [2.45, 2.75) is 70.3 Å². The number of nitrogens with two attached hydrogens (primary N) is 2. The van der Waals surface area contributed by atoms with E-state index in [1.165, 1.54) is 0 Å². The summed E-state index contributed by atoms with van der Waals surface area (Å²) >= 11 is 0. The van der Waals surface area contributed by atoms with Crippen LogP contribution in [0, 0.1) is 5.92 Å². The van der Waals surface area contributed by atoms with Gasteiger partial charge in [-0.15, -0.1) is 0 Å². The lowest BCUT2D eigenvalue weighted by atomic mass is 10.0. The lowest BCUT2D eigenvalue weighted by Gasteiger charge is -2.24. The molecule has 0 fully saturated rings. The van der Waals surface area contributed by atoms with Gasteiger partial charge in [0.15, 0.2) is 0 Å². The third kappa shape index (κ3) is 14.3. The van der Waals surface area contributed by atoms with Crippen LogP contribution in [0.3, 0.4) is 0 Å². The van der Waals surface area contributed by atoms with Crippen molar-refractivity contribution in [2.24, 2.45) is 17.4 Å². The molecule has 2 amide bonds. The summed E-state index contributed by atoms with van der Waals surface area (Å²) < 4.78 is 31.7.